The van der Waals surface area contributed by atoms with Crippen molar-refractivity contribution < 1.29 is 22.7 Å². The fraction of sp³-hybridized carbons (Fsp3) is 0.500. The van der Waals surface area contributed by atoms with E-state index in [1.165, 1.54) is 12.1 Å². The van der Waals surface area contributed by atoms with Crippen molar-refractivity contribution in [2.75, 3.05) is 13.1 Å². The summed E-state index contributed by atoms with van der Waals surface area (Å²) in [6.45, 7) is 1.46. The summed E-state index contributed by atoms with van der Waals surface area (Å²) >= 11 is 0. The lowest BCUT2D eigenvalue weighted by atomic mass is 10.1. The van der Waals surface area contributed by atoms with Gasteiger partial charge >= 0.3 is 6.36 Å². The monoisotopic (exact) mass is 302 g/mol. The summed E-state index contributed by atoms with van der Waals surface area (Å²) in [4.78, 5) is 11.9. The number of halogens is 3. The zero-order valence-electron chi connectivity index (χ0n) is 11.4. The van der Waals surface area contributed by atoms with Crippen LogP contribution in [0.1, 0.15) is 29.6 Å². The highest BCUT2D eigenvalue weighted by Gasteiger charge is 2.31. The predicted molar refractivity (Wildman–Crippen MR) is 71.1 cm³/mol. The van der Waals surface area contributed by atoms with Crippen LogP contribution in [-0.4, -0.2) is 31.4 Å². The van der Waals surface area contributed by atoms with Crippen LogP contribution in [-0.2, 0) is 0 Å². The Labute approximate surface area is 120 Å². The topological polar surface area (TPSA) is 50.4 Å². The Morgan fingerprint density at radius 1 is 1.29 bits per heavy atom. The van der Waals surface area contributed by atoms with Crippen LogP contribution in [0.25, 0.3) is 0 Å². The molecule has 0 spiro atoms. The molecule has 1 aromatic rings. The number of ether oxygens (including phenoxy) is 1. The molecule has 1 aliphatic rings. The van der Waals surface area contributed by atoms with E-state index in [4.69, 9.17) is 0 Å². The number of alkyl halides is 3. The Morgan fingerprint density at radius 3 is 2.57 bits per heavy atom. The molecule has 0 aromatic heterocycles. The van der Waals surface area contributed by atoms with Crippen molar-refractivity contribution >= 4 is 5.91 Å². The summed E-state index contributed by atoms with van der Waals surface area (Å²) < 4.78 is 39.8. The maximum Gasteiger partial charge on any atom is 0.573 e. The average molecular weight is 302 g/mol. The first-order valence-electron chi connectivity index (χ1n) is 6.81. The molecule has 0 saturated carbocycles. The average Bonchev–Trinajstić information content (AvgIpc) is 2.45. The predicted octanol–water partition coefficient (Wildman–Crippen LogP) is 2.46. The third-order valence-corrected chi connectivity index (χ3v) is 3.27. The lowest BCUT2D eigenvalue weighted by Crippen LogP contribution is -2.43. The van der Waals surface area contributed by atoms with Crippen molar-refractivity contribution in [3.63, 3.8) is 0 Å². The Bertz CT molecular complexity index is 468. The molecule has 0 bridgehead atoms. The molecule has 1 atom stereocenters. The van der Waals surface area contributed by atoms with Gasteiger partial charge in [-0.15, -0.1) is 13.2 Å². The number of amides is 1. The molecule has 1 aliphatic heterocycles. The molecular formula is C14H17F3N2O2. The molecule has 1 aromatic carbocycles. The first-order chi connectivity index (χ1) is 9.94. The van der Waals surface area contributed by atoms with Crippen LogP contribution in [0.2, 0.25) is 0 Å². The summed E-state index contributed by atoms with van der Waals surface area (Å²) in [6.07, 6.45) is -1.43. The van der Waals surface area contributed by atoms with Crippen molar-refractivity contribution in [3.05, 3.63) is 29.8 Å². The second kappa shape index (κ2) is 6.80. The number of rotatable bonds is 4. The fourth-order valence-corrected chi connectivity index (χ4v) is 2.22. The fourth-order valence-electron chi connectivity index (χ4n) is 2.22. The van der Waals surface area contributed by atoms with Crippen molar-refractivity contribution in [2.24, 2.45) is 0 Å². The molecule has 2 N–H and O–H groups in total. The highest BCUT2D eigenvalue weighted by molar-refractivity contribution is 5.94. The lowest BCUT2D eigenvalue weighted by molar-refractivity contribution is -0.274. The van der Waals surface area contributed by atoms with Gasteiger partial charge in [0.2, 0.25) is 0 Å². The standard InChI is InChI=1S/C14H17F3N2O2/c15-14(16,17)21-12-6-4-10(5-7-12)13(20)19-9-11-3-1-2-8-18-11/h4-7,11,18H,1-3,8-9H2,(H,19,20). The Hall–Kier alpha value is -1.76. The first-order valence-corrected chi connectivity index (χ1v) is 6.81. The number of carbonyl (C=O) groups excluding carboxylic acids is 1. The van der Waals surface area contributed by atoms with Gasteiger partial charge in [0.25, 0.3) is 5.91 Å². The number of nitrogens with one attached hydrogen (secondary N) is 2. The zero-order valence-corrected chi connectivity index (χ0v) is 11.4. The Kier molecular flexibility index (Phi) is 5.06. The Balaban J connectivity index is 1.84. The van der Waals surface area contributed by atoms with Crippen molar-refractivity contribution in [2.45, 2.75) is 31.7 Å². The Morgan fingerprint density at radius 2 is 2.00 bits per heavy atom. The van der Waals surface area contributed by atoms with E-state index in [2.05, 4.69) is 15.4 Å². The first kappa shape index (κ1) is 15.6. The summed E-state index contributed by atoms with van der Waals surface area (Å²) in [5, 5.41) is 6.07. The van der Waals surface area contributed by atoms with Gasteiger partial charge in [-0.3, -0.25) is 4.79 Å². The summed E-state index contributed by atoms with van der Waals surface area (Å²) in [5.74, 6) is -0.645. The van der Waals surface area contributed by atoms with E-state index in [0.717, 1.165) is 37.9 Å². The number of carbonyl (C=O) groups is 1. The molecule has 1 unspecified atom stereocenters. The van der Waals surface area contributed by atoms with E-state index >= 15 is 0 Å². The van der Waals surface area contributed by atoms with Crippen LogP contribution in [0.4, 0.5) is 13.2 Å². The summed E-state index contributed by atoms with van der Waals surface area (Å²) in [5.41, 5.74) is 0.306. The largest absolute Gasteiger partial charge is 0.573 e. The molecule has 1 saturated heterocycles. The smallest absolute Gasteiger partial charge is 0.406 e. The van der Waals surface area contributed by atoms with Crippen LogP contribution < -0.4 is 15.4 Å². The quantitative estimate of drug-likeness (QED) is 0.898. The molecule has 21 heavy (non-hydrogen) atoms. The van der Waals surface area contributed by atoms with Gasteiger partial charge in [0, 0.05) is 18.2 Å². The number of hydrogen-bond acceptors (Lipinski definition) is 3. The van der Waals surface area contributed by atoms with E-state index in [1.54, 1.807) is 0 Å². The highest BCUT2D eigenvalue weighted by atomic mass is 19.4. The van der Waals surface area contributed by atoms with Gasteiger partial charge in [-0.1, -0.05) is 6.42 Å². The molecular weight excluding hydrogens is 285 g/mol. The van der Waals surface area contributed by atoms with E-state index < -0.39 is 6.36 Å². The van der Waals surface area contributed by atoms with Crippen LogP contribution in [0, 0.1) is 0 Å². The van der Waals surface area contributed by atoms with E-state index in [1.807, 2.05) is 0 Å². The third-order valence-electron chi connectivity index (χ3n) is 3.27. The number of hydrogen-bond donors (Lipinski definition) is 2. The number of benzene rings is 1. The SMILES string of the molecule is O=C(NCC1CCCCN1)c1ccc(OC(F)(F)F)cc1. The minimum absolute atomic E-state index is 0.260. The van der Waals surface area contributed by atoms with Gasteiger partial charge in [0.1, 0.15) is 5.75 Å². The normalized spacial score (nSPS) is 19.1. The molecule has 116 valence electrons. The van der Waals surface area contributed by atoms with Gasteiger partial charge in [-0.2, -0.15) is 0 Å². The van der Waals surface area contributed by atoms with Gasteiger partial charge in [-0.05, 0) is 43.7 Å². The molecule has 1 heterocycles. The molecule has 1 fully saturated rings. The maximum absolute atomic E-state index is 12.0. The van der Waals surface area contributed by atoms with Crippen LogP contribution in [0.3, 0.4) is 0 Å². The minimum Gasteiger partial charge on any atom is -0.406 e. The van der Waals surface area contributed by atoms with Crippen molar-refractivity contribution in [1.29, 1.82) is 0 Å². The molecule has 1 amide bonds. The van der Waals surface area contributed by atoms with E-state index in [-0.39, 0.29) is 17.7 Å². The van der Waals surface area contributed by atoms with Gasteiger partial charge < -0.3 is 15.4 Å². The minimum atomic E-state index is -4.73. The van der Waals surface area contributed by atoms with Gasteiger partial charge in [0.05, 0.1) is 0 Å². The molecule has 2 rings (SSSR count). The zero-order chi connectivity index (χ0) is 15.3. The third kappa shape index (κ3) is 5.26. The van der Waals surface area contributed by atoms with Crippen LogP contribution in [0.15, 0.2) is 24.3 Å². The van der Waals surface area contributed by atoms with Crippen molar-refractivity contribution in [1.82, 2.24) is 10.6 Å². The summed E-state index contributed by atoms with van der Waals surface area (Å²) in [6, 6.07) is 5.13. The van der Waals surface area contributed by atoms with Crippen molar-refractivity contribution in [3.8, 4) is 5.75 Å². The van der Waals surface area contributed by atoms with E-state index in [0.29, 0.717) is 12.1 Å². The molecule has 4 nitrogen and oxygen atoms in total. The van der Waals surface area contributed by atoms with E-state index in [9.17, 15) is 18.0 Å². The van der Waals surface area contributed by atoms with Crippen LogP contribution in [0.5, 0.6) is 5.75 Å². The lowest BCUT2D eigenvalue weighted by Gasteiger charge is -2.23. The molecule has 0 radical (unpaired) electrons. The second-order valence-electron chi connectivity index (χ2n) is 4.93. The summed E-state index contributed by atoms with van der Waals surface area (Å²) in [7, 11) is 0. The maximum atomic E-state index is 12.0. The molecule has 7 heteroatoms. The van der Waals surface area contributed by atoms with Gasteiger partial charge in [0.15, 0.2) is 0 Å². The van der Waals surface area contributed by atoms with Gasteiger partial charge in [-0.25, -0.2) is 0 Å². The second-order valence-corrected chi connectivity index (χ2v) is 4.93. The highest BCUT2D eigenvalue weighted by Crippen LogP contribution is 2.22. The number of piperidine rings is 1. The molecule has 0 aliphatic carbocycles. The van der Waals surface area contributed by atoms with Crippen LogP contribution >= 0.6 is 0 Å².